The SMILES string of the molecule is CC(C)(Oc1ccc(Cl)cc1)C(=O)NCCCn1ccc2ccccc21. The van der Waals surface area contributed by atoms with Crippen LogP contribution in [-0.4, -0.2) is 22.6 Å². The van der Waals surface area contributed by atoms with Crippen molar-refractivity contribution >= 4 is 28.4 Å². The predicted octanol–water partition coefficient (Wildman–Crippen LogP) is 4.66. The molecular weight excluding hydrogens is 348 g/mol. The van der Waals surface area contributed by atoms with Crippen molar-refractivity contribution in [2.24, 2.45) is 0 Å². The van der Waals surface area contributed by atoms with Crippen molar-refractivity contribution in [3.8, 4) is 5.75 Å². The molecule has 0 atom stereocenters. The Balaban J connectivity index is 1.49. The summed E-state index contributed by atoms with van der Waals surface area (Å²) in [6, 6.07) is 17.4. The fourth-order valence-corrected chi connectivity index (χ4v) is 2.97. The molecule has 0 unspecified atom stereocenters. The molecule has 2 aromatic carbocycles. The lowest BCUT2D eigenvalue weighted by Crippen LogP contribution is -2.46. The van der Waals surface area contributed by atoms with Gasteiger partial charge in [0, 0.05) is 29.8 Å². The number of fused-ring (bicyclic) bond motifs is 1. The Morgan fingerprint density at radius 1 is 1.12 bits per heavy atom. The molecule has 26 heavy (non-hydrogen) atoms. The highest BCUT2D eigenvalue weighted by atomic mass is 35.5. The van der Waals surface area contributed by atoms with Crippen LogP contribution >= 0.6 is 11.6 Å². The van der Waals surface area contributed by atoms with E-state index in [-0.39, 0.29) is 5.91 Å². The van der Waals surface area contributed by atoms with E-state index < -0.39 is 5.60 Å². The second-order valence-electron chi connectivity index (χ2n) is 6.74. The number of rotatable bonds is 7. The first kappa shape index (κ1) is 18.3. The second-order valence-corrected chi connectivity index (χ2v) is 7.18. The Hall–Kier alpha value is -2.46. The van der Waals surface area contributed by atoms with E-state index in [0.717, 1.165) is 13.0 Å². The second kappa shape index (κ2) is 7.83. The third kappa shape index (κ3) is 4.38. The summed E-state index contributed by atoms with van der Waals surface area (Å²) >= 11 is 5.87. The number of nitrogens with zero attached hydrogens (tertiary/aromatic N) is 1. The lowest BCUT2D eigenvalue weighted by molar-refractivity contribution is -0.134. The van der Waals surface area contributed by atoms with Crippen LogP contribution in [0.3, 0.4) is 0 Å². The summed E-state index contributed by atoms with van der Waals surface area (Å²) < 4.78 is 8.01. The largest absolute Gasteiger partial charge is 0.478 e. The summed E-state index contributed by atoms with van der Waals surface area (Å²) in [5, 5.41) is 4.83. The number of nitrogens with one attached hydrogen (secondary N) is 1. The van der Waals surface area contributed by atoms with Gasteiger partial charge in [-0.15, -0.1) is 0 Å². The van der Waals surface area contributed by atoms with Crippen LogP contribution in [0.25, 0.3) is 10.9 Å². The van der Waals surface area contributed by atoms with Crippen LogP contribution in [-0.2, 0) is 11.3 Å². The first-order chi connectivity index (χ1) is 12.5. The summed E-state index contributed by atoms with van der Waals surface area (Å²) in [5.41, 5.74) is 0.263. The van der Waals surface area contributed by atoms with E-state index in [0.29, 0.717) is 17.3 Å². The zero-order chi connectivity index (χ0) is 18.6. The molecule has 1 heterocycles. The molecule has 1 amide bonds. The number of para-hydroxylation sites is 1. The van der Waals surface area contributed by atoms with Gasteiger partial charge in [0.15, 0.2) is 5.60 Å². The Morgan fingerprint density at radius 2 is 1.85 bits per heavy atom. The van der Waals surface area contributed by atoms with E-state index in [9.17, 15) is 4.79 Å². The molecule has 0 aliphatic carbocycles. The molecule has 0 saturated carbocycles. The highest BCUT2D eigenvalue weighted by Crippen LogP contribution is 2.21. The van der Waals surface area contributed by atoms with Crippen molar-refractivity contribution in [2.45, 2.75) is 32.4 Å². The van der Waals surface area contributed by atoms with Gasteiger partial charge in [-0.2, -0.15) is 0 Å². The highest BCUT2D eigenvalue weighted by Gasteiger charge is 2.29. The molecule has 0 aliphatic rings. The van der Waals surface area contributed by atoms with E-state index in [1.807, 2.05) is 12.1 Å². The molecule has 3 aromatic rings. The van der Waals surface area contributed by atoms with Gasteiger partial charge < -0.3 is 14.6 Å². The van der Waals surface area contributed by atoms with Gasteiger partial charge in [0.2, 0.25) is 0 Å². The molecule has 0 spiro atoms. The van der Waals surface area contributed by atoms with Gasteiger partial charge in [-0.1, -0.05) is 29.8 Å². The Kier molecular flexibility index (Phi) is 5.52. The van der Waals surface area contributed by atoms with E-state index in [4.69, 9.17) is 16.3 Å². The number of hydrogen-bond donors (Lipinski definition) is 1. The molecule has 0 saturated heterocycles. The molecule has 3 rings (SSSR count). The number of carbonyl (C=O) groups is 1. The van der Waals surface area contributed by atoms with Crippen LogP contribution in [0, 0.1) is 0 Å². The highest BCUT2D eigenvalue weighted by molar-refractivity contribution is 6.30. The van der Waals surface area contributed by atoms with E-state index in [2.05, 4.69) is 34.3 Å². The van der Waals surface area contributed by atoms with Gasteiger partial charge in [0.1, 0.15) is 5.75 Å². The van der Waals surface area contributed by atoms with Crippen LogP contribution in [0.5, 0.6) is 5.75 Å². The summed E-state index contributed by atoms with van der Waals surface area (Å²) in [7, 11) is 0. The van der Waals surface area contributed by atoms with Crippen molar-refractivity contribution in [3.05, 3.63) is 65.8 Å². The van der Waals surface area contributed by atoms with Crippen molar-refractivity contribution < 1.29 is 9.53 Å². The normalized spacial score (nSPS) is 11.5. The number of aromatic nitrogens is 1. The molecule has 1 aromatic heterocycles. The van der Waals surface area contributed by atoms with Gasteiger partial charge in [0.05, 0.1) is 0 Å². The molecular formula is C21H23ClN2O2. The van der Waals surface area contributed by atoms with Crippen LogP contribution in [0.1, 0.15) is 20.3 Å². The molecule has 136 valence electrons. The van der Waals surface area contributed by atoms with E-state index in [1.54, 1.807) is 38.1 Å². The van der Waals surface area contributed by atoms with Gasteiger partial charge in [-0.25, -0.2) is 0 Å². The number of benzene rings is 2. The van der Waals surface area contributed by atoms with E-state index >= 15 is 0 Å². The third-order valence-corrected chi connectivity index (χ3v) is 4.53. The number of halogens is 1. The van der Waals surface area contributed by atoms with Crippen molar-refractivity contribution in [2.75, 3.05) is 6.54 Å². The van der Waals surface area contributed by atoms with Gasteiger partial charge in [-0.05, 0) is 62.1 Å². The van der Waals surface area contributed by atoms with Crippen LogP contribution in [0.4, 0.5) is 0 Å². The van der Waals surface area contributed by atoms with Crippen molar-refractivity contribution in [1.29, 1.82) is 0 Å². The molecule has 0 radical (unpaired) electrons. The zero-order valence-corrected chi connectivity index (χ0v) is 15.8. The maximum atomic E-state index is 12.4. The molecule has 1 N–H and O–H groups in total. The van der Waals surface area contributed by atoms with Crippen LogP contribution in [0.2, 0.25) is 5.02 Å². The lowest BCUT2D eigenvalue weighted by atomic mass is 10.1. The van der Waals surface area contributed by atoms with Crippen molar-refractivity contribution in [3.63, 3.8) is 0 Å². The third-order valence-electron chi connectivity index (χ3n) is 4.28. The summed E-state index contributed by atoms with van der Waals surface area (Å²) in [6.07, 6.45) is 2.93. The fraction of sp³-hybridized carbons (Fsp3) is 0.286. The molecule has 0 bridgehead atoms. The number of ether oxygens (including phenoxy) is 1. The number of hydrogen-bond acceptors (Lipinski definition) is 2. The lowest BCUT2D eigenvalue weighted by Gasteiger charge is -2.25. The summed E-state index contributed by atoms with van der Waals surface area (Å²) in [5.74, 6) is 0.484. The number of carbonyl (C=O) groups excluding carboxylic acids is 1. The Morgan fingerprint density at radius 3 is 2.62 bits per heavy atom. The average Bonchev–Trinajstić information content (AvgIpc) is 3.03. The summed E-state index contributed by atoms with van der Waals surface area (Å²) in [6.45, 7) is 4.97. The minimum atomic E-state index is -0.950. The minimum Gasteiger partial charge on any atom is -0.478 e. The predicted molar refractivity (Wildman–Crippen MR) is 106 cm³/mol. The first-order valence-corrected chi connectivity index (χ1v) is 9.10. The summed E-state index contributed by atoms with van der Waals surface area (Å²) in [4.78, 5) is 12.4. The number of amides is 1. The molecule has 0 aliphatic heterocycles. The van der Waals surface area contributed by atoms with Gasteiger partial charge in [-0.3, -0.25) is 4.79 Å². The Bertz CT molecular complexity index is 884. The quantitative estimate of drug-likeness (QED) is 0.615. The van der Waals surface area contributed by atoms with Gasteiger partial charge in [0.25, 0.3) is 5.91 Å². The smallest absolute Gasteiger partial charge is 0.263 e. The maximum absolute atomic E-state index is 12.4. The van der Waals surface area contributed by atoms with Crippen molar-refractivity contribution in [1.82, 2.24) is 9.88 Å². The monoisotopic (exact) mass is 370 g/mol. The Labute approximate surface area is 158 Å². The molecule has 5 heteroatoms. The van der Waals surface area contributed by atoms with Crippen LogP contribution in [0.15, 0.2) is 60.8 Å². The fourth-order valence-electron chi connectivity index (χ4n) is 2.84. The van der Waals surface area contributed by atoms with Gasteiger partial charge >= 0.3 is 0 Å². The zero-order valence-electron chi connectivity index (χ0n) is 15.0. The standard InChI is InChI=1S/C21H23ClN2O2/c1-21(2,26-18-10-8-17(22)9-11-18)20(25)23-13-5-14-24-15-12-16-6-3-4-7-19(16)24/h3-4,6-12,15H,5,13-14H2,1-2H3,(H,23,25). The average molecular weight is 371 g/mol. The minimum absolute atomic E-state index is 0.134. The molecule has 4 nitrogen and oxygen atoms in total. The maximum Gasteiger partial charge on any atom is 0.263 e. The van der Waals surface area contributed by atoms with E-state index in [1.165, 1.54) is 10.9 Å². The number of aryl methyl sites for hydroxylation is 1. The first-order valence-electron chi connectivity index (χ1n) is 8.72. The van der Waals surface area contributed by atoms with Crippen LogP contribution < -0.4 is 10.1 Å². The molecule has 0 fully saturated rings. The topological polar surface area (TPSA) is 43.3 Å².